The second-order valence-corrected chi connectivity index (χ2v) is 9.98. The standard InChI is InChI=1S/C21H16F3N3O2S2/c1-31(28,29)16-7-2-4-13(10-16)18-8-9-19(30-18)17-12-20(21(22,23)24)26-27(17)15-6-3-5-14(25)11-15/h2-12H,25H2,1H3. The van der Waals surface area contributed by atoms with E-state index in [1.54, 1.807) is 54.6 Å². The monoisotopic (exact) mass is 463 g/mol. The van der Waals surface area contributed by atoms with Crippen molar-refractivity contribution in [2.75, 3.05) is 12.0 Å². The van der Waals surface area contributed by atoms with Crippen LogP contribution >= 0.6 is 11.3 Å². The fourth-order valence-corrected chi connectivity index (χ4v) is 4.73. The summed E-state index contributed by atoms with van der Waals surface area (Å²) in [6.45, 7) is 0. The maximum absolute atomic E-state index is 13.4. The summed E-state index contributed by atoms with van der Waals surface area (Å²) in [5.41, 5.74) is 6.50. The Bertz CT molecular complexity index is 1370. The summed E-state index contributed by atoms with van der Waals surface area (Å²) in [6.07, 6.45) is -3.49. The van der Waals surface area contributed by atoms with E-state index in [-0.39, 0.29) is 10.6 Å². The second kappa shape index (κ2) is 7.54. The van der Waals surface area contributed by atoms with Gasteiger partial charge in [0.15, 0.2) is 15.5 Å². The largest absolute Gasteiger partial charge is 0.435 e. The fraction of sp³-hybridized carbons (Fsp3) is 0.0952. The van der Waals surface area contributed by atoms with Gasteiger partial charge in [0.2, 0.25) is 0 Å². The van der Waals surface area contributed by atoms with E-state index in [1.165, 1.54) is 22.1 Å². The average molecular weight is 464 g/mol. The van der Waals surface area contributed by atoms with Crippen LogP contribution in [0.25, 0.3) is 26.7 Å². The number of hydrogen-bond donors (Lipinski definition) is 1. The molecule has 0 amide bonds. The Morgan fingerprint density at radius 2 is 1.68 bits per heavy atom. The Kier molecular flexibility index (Phi) is 5.14. The zero-order chi connectivity index (χ0) is 22.4. The minimum atomic E-state index is -4.61. The molecule has 0 aliphatic carbocycles. The van der Waals surface area contributed by atoms with Crippen molar-refractivity contribution in [2.45, 2.75) is 11.1 Å². The molecular weight excluding hydrogens is 447 g/mol. The van der Waals surface area contributed by atoms with Crippen molar-refractivity contribution >= 4 is 26.9 Å². The number of benzene rings is 2. The predicted octanol–water partition coefficient (Wildman–Crippen LogP) is 5.27. The van der Waals surface area contributed by atoms with Gasteiger partial charge in [0.05, 0.1) is 21.2 Å². The highest BCUT2D eigenvalue weighted by Gasteiger charge is 2.35. The lowest BCUT2D eigenvalue weighted by Gasteiger charge is -2.07. The Morgan fingerprint density at radius 1 is 0.968 bits per heavy atom. The third-order valence-electron chi connectivity index (χ3n) is 4.52. The first-order valence-corrected chi connectivity index (χ1v) is 11.7. The van der Waals surface area contributed by atoms with Crippen molar-refractivity contribution in [3.8, 4) is 26.7 Å². The van der Waals surface area contributed by atoms with Crippen molar-refractivity contribution < 1.29 is 21.6 Å². The third kappa shape index (κ3) is 4.35. The van der Waals surface area contributed by atoms with Crippen LogP contribution in [0.1, 0.15) is 5.69 Å². The van der Waals surface area contributed by atoms with Gasteiger partial charge in [-0.2, -0.15) is 18.3 Å². The lowest BCUT2D eigenvalue weighted by atomic mass is 10.2. The van der Waals surface area contributed by atoms with Gasteiger partial charge in [-0.15, -0.1) is 11.3 Å². The molecule has 4 rings (SSSR count). The van der Waals surface area contributed by atoms with Crippen molar-refractivity contribution in [3.05, 3.63) is 72.4 Å². The van der Waals surface area contributed by atoms with Crippen LogP contribution in [0.15, 0.2) is 71.6 Å². The molecule has 0 saturated carbocycles. The van der Waals surface area contributed by atoms with Crippen molar-refractivity contribution in [2.24, 2.45) is 0 Å². The number of rotatable bonds is 4. The first-order valence-electron chi connectivity index (χ1n) is 8.96. The summed E-state index contributed by atoms with van der Waals surface area (Å²) < 4.78 is 65.0. The Labute approximate surface area is 180 Å². The molecule has 10 heteroatoms. The first-order chi connectivity index (χ1) is 14.5. The average Bonchev–Trinajstić information content (AvgIpc) is 3.34. The Morgan fingerprint density at radius 3 is 2.35 bits per heavy atom. The topological polar surface area (TPSA) is 78.0 Å². The molecule has 31 heavy (non-hydrogen) atoms. The first kappa shape index (κ1) is 21.1. The van der Waals surface area contributed by atoms with Gasteiger partial charge in [-0.05, 0) is 54.1 Å². The van der Waals surface area contributed by atoms with Crippen LogP contribution in [0.2, 0.25) is 0 Å². The molecule has 4 aromatic rings. The van der Waals surface area contributed by atoms with Gasteiger partial charge < -0.3 is 5.73 Å². The van der Waals surface area contributed by atoms with Crippen LogP contribution in [-0.4, -0.2) is 24.5 Å². The lowest BCUT2D eigenvalue weighted by Crippen LogP contribution is -2.07. The molecule has 5 nitrogen and oxygen atoms in total. The van der Waals surface area contributed by atoms with Gasteiger partial charge >= 0.3 is 6.18 Å². The quantitative estimate of drug-likeness (QED) is 0.418. The van der Waals surface area contributed by atoms with Gasteiger partial charge in [-0.25, -0.2) is 13.1 Å². The van der Waals surface area contributed by atoms with Gasteiger partial charge in [0.25, 0.3) is 0 Å². The van der Waals surface area contributed by atoms with Crippen LogP contribution in [-0.2, 0) is 16.0 Å². The summed E-state index contributed by atoms with van der Waals surface area (Å²) in [7, 11) is -3.38. The third-order valence-corrected chi connectivity index (χ3v) is 6.79. The minimum absolute atomic E-state index is 0.170. The van der Waals surface area contributed by atoms with Crippen molar-refractivity contribution in [1.29, 1.82) is 0 Å². The van der Waals surface area contributed by atoms with E-state index in [4.69, 9.17) is 5.73 Å². The van der Waals surface area contributed by atoms with E-state index in [2.05, 4.69) is 5.10 Å². The molecule has 2 heterocycles. The highest BCUT2D eigenvalue weighted by atomic mass is 32.2. The van der Waals surface area contributed by atoms with Crippen molar-refractivity contribution in [1.82, 2.24) is 9.78 Å². The number of nitrogens with zero attached hydrogens (tertiary/aromatic N) is 2. The number of halogens is 3. The number of nitrogens with two attached hydrogens (primary N) is 1. The fourth-order valence-electron chi connectivity index (χ4n) is 3.06. The minimum Gasteiger partial charge on any atom is -0.399 e. The molecule has 0 atom stereocenters. The normalized spacial score (nSPS) is 12.3. The molecule has 2 N–H and O–H groups in total. The SMILES string of the molecule is CS(=O)(=O)c1cccc(-c2ccc(-c3cc(C(F)(F)F)nn3-c3cccc(N)c3)s2)c1. The lowest BCUT2D eigenvalue weighted by molar-refractivity contribution is -0.141. The number of hydrogen-bond acceptors (Lipinski definition) is 5. The molecule has 0 bridgehead atoms. The van der Waals surface area contributed by atoms with E-state index in [0.717, 1.165) is 17.2 Å². The van der Waals surface area contributed by atoms with E-state index in [0.29, 0.717) is 21.8 Å². The zero-order valence-electron chi connectivity index (χ0n) is 16.1. The number of sulfone groups is 1. The highest BCUT2D eigenvalue weighted by Crippen LogP contribution is 2.39. The number of anilines is 1. The van der Waals surface area contributed by atoms with E-state index < -0.39 is 21.7 Å². The van der Waals surface area contributed by atoms with Crippen molar-refractivity contribution in [3.63, 3.8) is 0 Å². The summed E-state index contributed by atoms with van der Waals surface area (Å²) in [6, 6.07) is 17.3. The van der Waals surface area contributed by atoms with E-state index in [1.807, 2.05) is 0 Å². The van der Waals surface area contributed by atoms with Crippen LogP contribution in [0.4, 0.5) is 18.9 Å². The summed E-state index contributed by atoms with van der Waals surface area (Å²) in [4.78, 5) is 1.43. The number of thiophene rings is 1. The molecule has 0 saturated heterocycles. The molecule has 0 spiro atoms. The van der Waals surface area contributed by atoms with Gasteiger partial charge in [0.1, 0.15) is 0 Å². The Balaban J connectivity index is 1.83. The molecule has 2 aromatic heterocycles. The van der Waals surface area contributed by atoms with Crippen LogP contribution in [0.3, 0.4) is 0 Å². The van der Waals surface area contributed by atoms with Gasteiger partial charge in [-0.1, -0.05) is 18.2 Å². The van der Waals surface area contributed by atoms with Crippen LogP contribution < -0.4 is 5.73 Å². The summed E-state index contributed by atoms with van der Waals surface area (Å²) >= 11 is 1.24. The molecule has 0 aliphatic rings. The zero-order valence-corrected chi connectivity index (χ0v) is 17.7. The second-order valence-electron chi connectivity index (χ2n) is 6.88. The molecule has 0 radical (unpaired) electrons. The van der Waals surface area contributed by atoms with Crippen LogP contribution in [0.5, 0.6) is 0 Å². The van der Waals surface area contributed by atoms with Crippen LogP contribution in [0, 0.1) is 0 Å². The predicted molar refractivity (Wildman–Crippen MR) is 115 cm³/mol. The molecule has 160 valence electrons. The smallest absolute Gasteiger partial charge is 0.399 e. The molecule has 0 fully saturated rings. The number of nitrogen functional groups attached to an aromatic ring is 1. The number of aromatic nitrogens is 2. The highest BCUT2D eigenvalue weighted by molar-refractivity contribution is 7.90. The molecular formula is C21H16F3N3O2S2. The summed E-state index contributed by atoms with van der Waals surface area (Å²) in [5.74, 6) is 0. The number of alkyl halides is 3. The van der Waals surface area contributed by atoms with Gasteiger partial charge in [0, 0.05) is 16.8 Å². The van der Waals surface area contributed by atoms with Gasteiger partial charge in [-0.3, -0.25) is 0 Å². The molecule has 0 unspecified atom stereocenters. The maximum atomic E-state index is 13.4. The Hall–Kier alpha value is -3.11. The molecule has 0 aliphatic heterocycles. The summed E-state index contributed by atoms with van der Waals surface area (Å²) in [5, 5.41) is 3.76. The molecule has 2 aromatic carbocycles. The maximum Gasteiger partial charge on any atom is 0.435 e. The van der Waals surface area contributed by atoms with E-state index >= 15 is 0 Å². The van der Waals surface area contributed by atoms with E-state index in [9.17, 15) is 21.6 Å².